The molecule has 0 spiro atoms. The molecular weight excluding hydrogens is 374 g/mol. The van der Waals surface area contributed by atoms with Gasteiger partial charge in [0.1, 0.15) is 5.69 Å². The van der Waals surface area contributed by atoms with Gasteiger partial charge in [-0.05, 0) is 43.7 Å². The second kappa shape index (κ2) is 9.40. The number of aliphatic hydroxyl groups is 1. The first-order chi connectivity index (χ1) is 12.9. The maximum Gasteiger partial charge on any atom is 0.256 e. The van der Waals surface area contributed by atoms with E-state index in [4.69, 9.17) is 9.84 Å². The number of aromatic hydroxyl groups is 1. The van der Waals surface area contributed by atoms with E-state index in [0.29, 0.717) is 16.8 Å². The number of benzene rings is 1. The van der Waals surface area contributed by atoms with Crippen LogP contribution in [0.15, 0.2) is 44.2 Å². The van der Waals surface area contributed by atoms with Crippen molar-refractivity contribution < 1.29 is 23.4 Å². The predicted octanol–water partition coefficient (Wildman–Crippen LogP) is 1.57. The monoisotopic (exact) mass is 395 g/mol. The zero-order valence-corrected chi connectivity index (χ0v) is 15.8. The predicted molar refractivity (Wildman–Crippen MR) is 98.9 cm³/mol. The number of aliphatic hydroxyl groups excluding tert-OH is 1. The van der Waals surface area contributed by atoms with Crippen LogP contribution in [0.25, 0.3) is 0 Å². The molecule has 2 rings (SSSR count). The Bertz CT molecular complexity index is 956. The number of rotatable bonds is 8. The number of aromatic nitrogens is 1. The van der Waals surface area contributed by atoms with Crippen molar-refractivity contribution in [1.82, 2.24) is 4.57 Å². The van der Waals surface area contributed by atoms with Crippen LogP contribution in [-0.2, 0) is 22.0 Å². The molecule has 0 fully saturated rings. The van der Waals surface area contributed by atoms with E-state index >= 15 is 0 Å². The molecule has 0 amide bonds. The van der Waals surface area contributed by atoms with Gasteiger partial charge < -0.3 is 14.9 Å². The number of nitrogens with zero attached hydrogens (tertiary/aromatic N) is 3. The SMILES string of the molecule is Cc1c(/N=N/c2ccc([SH](=O)=O)cc2)c(O)n(CCOCCO)c(=O)c1C. The number of pyridine rings is 1. The minimum Gasteiger partial charge on any atom is -0.493 e. The minimum absolute atomic E-state index is 0.0968. The van der Waals surface area contributed by atoms with Crippen molar-refractivity contribution in [3.05, 3.63) is 45.7 Å². The largest absolute Gasteiger partial charge is 0.493 e. The second-order valence-electron chi connectivity index (χ2n) is 5.69. The summed E-state index contributed by atoms with van der Waals surface area (Å²) in [5.41, 5.74) is 1.10. The standard InChI is InChI=1S/C17H21N3O6S/c1-11-12(2)16(22)20(7-9-26-10-8-21)17(23)15(11)19-18-13-3-5-14(6-4-13)27(24)25/h3-6,21,23,27H,7-10H2,1-2H3/b19-18+. The van der Waals surface area contributed by atoms with Crippen LogP contribution in [-0.4, -0.2) is 43.0 Å². The molecule has 1 heterocycles. The van der Waals surface area contributed by atoms with Gasteiger partial charge in [0, 0.05) is 5.56 Å². The summed E-state index contributed by atoms with van der Waals surface area (Å²) in [6, 6.07) is 5.78. The zero-order chi connectivity index (χ0) is 20.0. The van der Waals surface area contributed by atoms with Crippen molar-refractivity contribution in [2.24, 2.45) is 10.2 Å². The summed E-state index contributed by atoms with van der Waals surface area (Å²) in [5, 5.41) is 27.2. The van der Waals surface area contributed by atoms with Crippen molar-refractivity contribution in [2.45, 2.75) is 25.3 Å². The Hall–Kier alpha value is -2.56. The third-order valence-electron chi connectivity index (χ3n) is 3.97. The van der Waals surface area contributed by atoms with E-state index < -0.39 is 10.7 Å². The van der Waals surface area contributed by atoms with Crippen LogP contribution < -0.4 is 5.56 Å². The normalized spacial score (nSPS) is 11.6. The van der Waals surface area contributed by atoms with Gasteiger partial charge in [0.05, 0.1) is 36.9 Å². The van der Waals surface area contributed by atoms with E-state index in [1.165, 1.54) is 24.3 Å². The summed E-state index contributed by atoms with van der Waals surface area (Å²) in [6.45, 7) is 3.52. The number of hydrogen-bond donors (Lipinski definition) is 3. The zero-order valence-electron chi connectivity index (χ0n) is 15.0. The number of ether oxygens (including phenoxy) is 1. The topological polar surface area (TPSA) is 131 Å². The first-order valence-corrected chi connectivity index (χ1v) is 9.32. The lowest BCUT2D eigenvalue weighted by molar-refractivity contribution is 0.0854. The van der Waals surface area contributed by atoms with Crippen molar-refractivity contribution in [3.63, 3.8) is 0 Å². The van der Waals surface area contributed by atoms with Gasteiger partial charge in [0.25, 0.3) is 5.56 Å². The molecule has 146 valence electrons. The summed E-state index contributed by atoms with van der Waals surface area (Å²) < 4.78 is 28.1. The molecule has 2 N–H and O–H groups in total. The Labute approximate surface area is 157 Å². The van der Waals surface area contributed by atoms with Gasteiger partial charge in [-0.2, -0.15) is 5.11 Å². The van der Waals surface area contributed by atoms with Crippen LogP contribution in [0.2, 0.25) is 0 Å². The van der Waals surface area contributed by atoms with Gasteiger partial charge in [-0.3, -0.25) is 9.36 Å². The third-order valence-corrected chi connectivity index (χ3v) is 4.69. The van der Waals surface area contributed by atoms with Crippen molar-refractivity contribution in [3.8, 4) is 5.88 Å². The molecule has 0 aliphatic carbocycles. The molecule has 0 atom stereocenters. The maximum atomic E-state index is 12.4. The molecule has 0 aliphatic heterocycles. The van der Waals surface area contributed by atoms with E-state index in [9.17, 15) is 18.3 Å². The van der Waals surface area contributed by atoms with Crippen LogP contribution in [0.4, 0.5) is 11.4 Å². The van der Waals surface area contributed by atoms with E-state index in [0.717, 1.165) is 4.57 Å². The number of thiol groups is 1. The van der Waals surface area contributed by atoms with Gasteiger partial charge in [0.2, 0.25) is 5.88 Å². The van der Waals surface area contributed by atoms with E-state index in [1.54, 1.807) is 13.8 Å². The number of hydrogen-bond acceptors (Lipinski definition) is 8. The molecule has 9 nitrogen and oxygen atoms in total. The highest BCUT2D eigenvalue weighted by Crippen LogP contribution is 2.32. The second-order valence-corrected chi connectivity index (χ2v) is 6.72. The average molecular weight is 395 g/mol. The molecule has 27 heavy (non-hydrogen) atoms. The smallest absolute Gasteiger partial charge is 0.256 e. The highest BCUT2D eigenvalue weighted by molar-refractivity contribution is 7.72. The fraction of sp³-hybridized carbons (Fsp3) is 0.353. The summed E-state index contributed by atoms with van der Waals surface area (Å²) >= 11 is 0. The fourth-order valence-electron chi connectivity index (χ4n) is 2.33. The molecule has 0 saturated carbocycles. The van der Waals surface area contributed by atoms with Gasteiger partial charge in [-0.1, -0.05) is 0 Å². The van der Waals surface area contributed by atoms with Crippen LogP contribution in [0, 0.1) is 13.8 Å². The summed E-state index contributed by atoms with van der Waals surface area (Å²) in [5.74, 6) is -0.335. The first-order valence-electron chi connectivity index (χ1n) is 8.14. The van der Waals surface area contributed by atoms with Gasteiger partial charge in [-0.15, -0.1) is 5.11 Å². The molecule has 1 aromatic carbocycles. The molecule has 2 aromatic rings. The van der Waals surface area contributed by atoms with Crippen LogP contribution in [0.1, 0.15) is 11.1 Å². The highest BCUT2D eigenvalue weighted by atomic mass is 32.2. The van der Waals surface area contributed by atoms with Crippen molar-refractivity contribution in [1.29, 1.82) is 0 Å². The third kappa shape index (κ3) is 5.00. The average Bonchev–Trinajstić information content (AvgIpc) is 2.66. The minimum atomic E-state index is -2.67. The molecule has 0 unspecified atom stereocenters. The van der Waals surface area contributed by atoms with Gasteiger partial charge in [0.15, 0.2) is 10.7 Å². The molecule has 0 saturated heterocycles. The molecule has 0 radical (unpaired) electrons. The van der Waals surface area contributed by atoms with Crippen LogP contribution >= 0.6 is 0 Å². The Morgan fingerprint density at radius 3 is 2.33 bits per heavy atom. The molecule has 10 heteroatoms. The first kappa shape index (κ1) is 20.7. The molecule has 0 bridgehead atoms. The lowest BCUT2D eigenvalue weighted by atomic mass is 10.1. The molecule has 0 aliphatic rings. The number of azo groups is 1. The summed E-state index contributed by atoms with van der Waals surface area (Å²) in [4.78, 5) is 12.5. The molecular formula is C17H21N3O6S. The van der Waals surface area contributed by atoms with E-state index in [2.05, 4.69) is 10.2 Å². The van der Waals surface area contributed by atoms with Gasteiger partial charge >= 0.3 is 0 Å². The Balaban J connectivity index is 2.35. The van der Waals surface area contributed by atoms with Crippen LogP contribution in [0.5, 0.6) is 5.88 Å². The fourth-order valence-corrected chi connectivity index (χ4v) is 2.72. The maximum absolute atomic E-state index is 12.4. The van der Waals surface area contributed by atoms with Crippen LogP contribution in [0.3, 0.4) is 0 Å². The Morgan fingerprint density at radius 1 is 1.07 bits per heavy atom. The molecule has 1 aromatic heterocycles. The van der Waals surface area contributed by atoms with E-state index in [1.807, 2.05) is 0 Å². The Kier molecular flexibility index (Phi) is 7.22. The van der Waals surface area contributed by atoms with E-state index in [-0.39, 0.29) is 48.4 Å². The van der Waals surface area contributed by atoms with Crippen molar-refractivity contribution in [2.75, 3.05) is 19.8 Å². The summed E-state index contributed by atoms with van der Waals surface area (Å²) in [7, 11) is -2.67. The van der Waals surface area contributed by atoms with Gasteiger partial charge in [-0.25, -0.2) is 8.42 Å². The quantitative estimate of drug-likeness (QED) is 0.353. The lowest BCUT2D eigenvalue weighted by Crippen LogP contribution is -2.25. The van der Waals surface area contributed by atoms with Crippen molar-refractivity contribution >= 4 is 22.1 Å². The highest BCUT2D eigenvalue weighted by Gasteiger charge is 2.16. The lowest BCUT2D eigenvalue weighted by Gasteiger charge is -2.14. The Morgan fingerprint density at radius 2 is 1.74 bits per heavy atom. The summed E-state index contributed by atoms with van der Waals surface area (Å²) in [6.07, 6.45) is 0.